The van der Waals surface area contributed by atoms with Crippen LogP contribution in [0.4, 0.5) is 5.69 Å². The van der Waals surface area contributed by atoms with E-state index >= 15 is 0 Å². The van der Waals surface area contributed by atoms with Gasteiger partial charge < -0.3 is 9.64 Å². The molecular formula is C18H18ClNO2. The first-order valence-electron chi connectivity index (χ1n) is 7.45. The van der Waals surface area contributed by atoms with Crippen molar-refractivity contribution in [3.8, 4) is 5.75 Å². The zero-order chi connectivity index (χ0) is 15.7. The summed E-state index contributed by atoms with van der Waals surface area (Å²) in [6.07, 6.45) is 0.882. The van der Waals surface area contributed by atoms with E-state index in [0.29, 0.717) is 22.9 Å². The van der Waals surface area contributed by atoms with Gasteiger partial charge in [0.25, 0.3) is 5.91 Å². The molecule has 22 heavy (non-hydrogen) atoms. The fourth-order valence-electron chi connectivity index (χ4n) is 2.92. The minimum atomic E-state index is -0.0256. The maximum absolute atomic E-state index is 12.9. The van der Waals surface area contributed by atoms with Crippen LogP contribution in [0.3, 0.4) is 0 Å². The standard InChI is InChI=1S/C18H18ClNO2/c1-3-22-17-9-8-14(11-15(17)19)18(21)20-12(2)10-13-6-4-5-7-16(13)20/h4-9,11-12H,3,10H2,1-2H3/t12-/m0/s1. The number of nitrogens with zero attached hydrogens (tertiary/aromatic N) is 1. The van der Waals surface area contributed by atoms with Crippen molar-refractivity contribution in [3.63, 3.8) is 0 Å². The van der Waals surface area contributed by atoms with Crippen molar-refractivity contribution in [1.29, 1.82) is 0 Å². The second-order valence-electron chi connectivity index (χ2n) is 5.44. The summed E-state index contributed by atoms with van der Waals surface area (Å²) < 4.78 is 5.42. The molecule has 0 bridgehead atoms. The highest BCUT2D eigenvalue weighted by Gasteiger charge is 2.31. The lowest BCUT2D eigenvalue weighted by Gasteiger charge is -2.23. The molecule has 0 radical (unpaired) electrons. The summed E-state index contributed by atoms with van der Waals surface area (Å²) >= 11 is 6.20. The van der Waals surface area contributed by atoms with Crippen molar-refractivity contribution >= 4 is 23.2 Å². The molecule has 0 unspecified atom stereocenters. The summed E-state index contributed by atoms with van der Waals surface area (Å²) in [6.45, 7) is 4.51. The highest BCUT2D eigenvalue weighted by molar-refractivity contribution is 6.32. The van der Waals surface area contributed by atoms with Crippen LogP contribution in [-0.2, 0) is 6.42 Å². The van der Waals surface area contributed by atoms with Crippen LogP contribution < -0.4 is 9.64 Å². The monoisotopic (exact) mass is 315 g/mol. The Labute approximate surface area is 135 Å². The molecule has 1 heterocycles. The molecule has 0 aliphatic carbocycles. The maximum atomic E-state index is 12.9. The van der Waals surface area contributed by atoms with Crippen LogP contribution in [0.25, 0.3) is 0 Å². The summed E-state index contributed by atoms with van der Waals surface area (Å²) in [5.41, 5.74) is 2.78. The Morgan fingerprint density at radius 2 is 2.09 bits per heavy atom. The molecule has 114 valence electrons. The number of para-hydroxylation sites is 1. The van der Waals surface area contributed by atoms with E-state index in [1.807, 2.05) is 30.0 Å². The molecule has 1 aliphatic rings. The Bertz CT molecular complexity index is 714. The molecule has 2 aromatic rings. The Hall–Kier alpha value is -2.00. The normalized spacial score (nSPS) is 16.5. The molecule has 1 amide bonds. The van der Waals surface area contributed by atoms with Gasteiger partial charge in [-0.05, 0) is 50.1 Å². The lowest BCUT2D eigenvalue weighted by atomic mass is 10.1. The number of anilines is 1. The summed E-state index contributed by atoms with van der Waals surface area (Å²) in [4.78, 5) is 14.7. The third kappa shape index (κ3) is 2.57. The van der Waals surface area contributed by atoms with Crippen molar-refractivity contribution in [2.45, 2.75) is 26.3 Å². The number of hydrogen-bond donors (Lipinski definition) is 0. The number of fused-ring (bicyclic) bond motifs is 1. The lowest BCUT2D eigenvalue weighted by Crippen LogP contribution is -2.35. The molecular weight excluding hydrogens is 298 g/mol. The third-order valence-corrected chi connectivity index (χ3v) is 4.20. The zero-order valence-electron chi connectivity index (χ0n) is 12.7. The van der Waals surface area contributed by atoms with E-state index in [9.17, 15) is 4.79 Å². The Kier molecular flexibility index (Phi) is 4.08. The van der Waals surface area contributed by atoms with Crippen LogP contribution >= 0.6 is 11.6 Å². The van der Waals surface area contributed by atoms with Crippen LogP contribution in [0.1, 0.15) is 29.8 Å². The first-order chi connectivity index (χ1) is 10.6. The summed E-state index contributed by atoms with van der Waals surface area (Å²) in [5.74, 6) is 0.581. The lowest BCUT2D eigenvalue weighted by molar-refractivity contribution is 0.0981. The van der Waals surface area contributed by atoms with E-state index in [1.54, 1.807) is 18.2 Å². The largest absolute Gasteiger partial charge is 0.492 e. The number of hydrogen-bond acceptors (Lipinski definition) is 2. The smallest absolute Gasteiger partial charge is 0.258 e. The van der Waals surface area contributed by atoms with E-state index < -0.39 is 0 Å². The van der Waals surface area contributed by atoms with Gasteiger partial charge in [-0.1, -0.05) is 29.8 Å². The topological polar surface area (TPSA) is 29.5 Å². The molecule has 2 aromatic carbocycles. The van der Waals surface area contributed by atoms with E-state index in [-0.39, 0.29) is 11.9 Å². The number of carbonyl (C=O) groups excluding carboxylic acids is 1. The van der Waals surface area contributed by atoms with Gasteiger partial charge in [0.1, 0.15) is 5.75 Å². The summed E-state index contributed by atoms with van der Waals surface area (Å²) in [6, 6.07) is 13.4. The van der Waals surface area contributed by atoms with E-state index in [4.69, 9.17) is 16.3 Å². The average Bonchev–Trinajstić information content (AvgIpc) is 2.84. The molecule has 0 fully saturated rings. The van der Waals surface area contributed by atoms with Gasteiger partial charge in [0.05, 0.1) is 11.6 Å². The second-order valence-corrected chi connectivity index (χ2v) is 5.84. The molecule has 0 saturated carbocycles. The Balaban J connectivity index is 1.93. The molecule has 3 rings (SSSR count). The number of amides is 1. The van der Waals surface area contributed by atoms with Gasteiger partial charge in [0, 0.05) is 17.3 Å². The Morgan fingerprint density at radius 1 is 1.32 bits per heavy atom. The minimum Gasteiger partial charge on any atom is -0.492 e. The molecule has 0 spiro atoms. The fourth-order valence-corrected chi connectivity index (χ4v) is 3.16. The second kappa shape index (κ2) is 6.01. The van der Waals surface area contributed by atoms with Gasteiger partial charge >= 0.3 is 0 Å². The average molecular weight is 316 g/mol. The highest BCUT2D eigenvalue weighted by Crippen LogP contribution is 2.34. The van der Waals surface area contributed by atoms with Crippen LogP contribution in [0.5, 0.6) is 5.75 Å². The van der Waals surface area contributed by atoms with Crippen LogP contribution in [0.15, 0.2) is 42.5 Å². The minimum absolute atomic E-state index is 0.0256. The summed E-state index contributed by atoms with van der Waals surface area (Å²) in [5, 5.41) is 0.466. The quantitative estimate of drug-likeness (QED) is 0.843. The van der Waals surface area contributed by atoms with Gasteiger partial charge in [-0.2, -0.15) is 0 Å². The van der Waals surface area contributed by atoms with Gasteiger partial charge in [0.15, 0.2) is 0 Å². The number of benzene rings is 2. The number of halogens is 1. The van der Waals surface area contributed by atoms with Crippen LogP contribution in [-0.4, -0.2) is 18.6 Å². The van der Waals surface area contributed by atoms with Crippen LogP contribution in [0.2, 0.25) is 5.02 Å². The predicted octanol–water partition coefficient (Wildman–Crippen LogP) is 4.33. The van der Waals surface area contributed by atoms with Crippen molar-refractivity contribution in [3.05, 3.63) is 58.6 Å². The van der Waals surface area contributed by atoms with Crippen LogP contribution in [0, 0.1) is 0 Å². The summed E-state index contributed by atoms with van der Waals surface area (Å²) in [7, 11) is 0. The van der Waals surface area contributed by atoms with Crippen molar-refractivity contribution in [2.24, 2.45) is 0 Å². The Morgan fingerprint density at radius 3 is 2.82 bits per heavy atom. The first kappa shape index (κ1) is 14.9. The SMILES string of the molecule is CCOc1ccc(C(=O)N2c3ccccc3C[C@@H]2C)cc1Cl. The van der Waals surface area contributed by atoms with E-state index in [2.05, 4.69) is 13.0 Å². The molecule has 0 saturated heterocycles. The van der Waals surface area contributed by atoms with Gasteiger partial charge in [-0.25, -0.2) is 0 Å². The number of ether oxygens (including phenoxy) is 1. The zero-order valence-corrected chi connectivity index (χ0v) is 13.4. The molecule has 1 aliphatic heterocycles. The van der Waals surface area contributed by atoms with Crippen molar-refractivity contribution in [1.82, 2.24) is 0 Å². The molecule has 0 aromatic heterocycles. The molecule has 4 heteroatoms. The molecule has 1 atom stereocenters. The molecule has 3 nitrogen and oxygen atoms in total. The number of carbonyl (C=O) groups is 1. The van der Waals surface area contributed by atoms with Crippen molar-refractivity contribution < 1.29 is 9.53 Å². The van der Waals surface area contributed by atoms with E-state index in [1.165, 1.54) is 5.56 Å². The first-order valence-corrected chi connectivity index (χ1v) is 7.83. The van der Waals surface area contributed by atoms with Crippen molar-refractivity contribution in [2.75, 3.05) is 11.5 Å². The molecule has 0 N–H and O–H groups in total. The van der Waals surface area contributed by atoms with Gasteiger partial charge in [-0.3, -0.25) is 4.79 Å². The fraction of sp³-hybridized carbons (Fsp3) is 0.278. The third-order valence-electron chi connectivity index (χ3n) is 3.90. The van der Waals surface area contributed by atoms with Gasteiger partial charge in [-0.15, -0.1) is 0 Å². The van der Waals surface area contributed by atoms with Gasteiger partial charge in [0.2, 0.25) is 0 Å². The highest BCUT2D eigenvalue weighted by atomic mass is 35.5. The maximum Gasteiger partial charge on any atom is 0.258 e. The number of rotatable bonds is 3. The predicted molar refractivity (Wildman–Crippen MR) is 89.0 cm³/mol. The van der Waals surface area contributed by atoms with E-state index in [0.717, 1.165) is 12.1 Å².